The zero-order valence-corrected chi connectivity index (χ0v) is 25.3. The van der Waals surface area contributed by atoms with Crippen LogP contribution in [0.3, 0.4) is 0 Å². The summed E-state index contributed by atoms with van der Waals surface area (Å²) in [5, 5.41) is 13.4. The molecule has 6 aromatic heterocycles. The number of rotatable bonds is 5. The Bertz CT molecular complexity index is 1750. The molecule has 6 aromatic rings. The molecule has 1 saturated heterocycles. The number of likely N-dealkylation sites (N-methyl/N-ethyl adjacent to an activating group) is 1. The molecular formula is C32H40N10. The maximum absolute atomic E-state index is 4.69. The van der Waals surface area contributed by atoms with Crippen molar-refractivity contribution in [1.82, 2.24) is 39.2 Å². The highest BCUT2D eigenvalue weighted by atomic mass is 15.3. The molecule has 0 bridgehead atoms. The van der Waals surface area contributed by atoms with Crippen LogP contribution in [-0.4, -0.2) is 72.5 Å². The third kappa shape index (κ3) is 5.84. The van der Waals surface area contributed by atoms with E-state index in [1.54, 1.807) is 4.68 Å². The van der Waals surface area contributed by atoms with Gasteiger partial charge < -0.3 is 20.1 Å². The van der Waals surface area contributed by atoms with Crippen LogP contribution < -0.4 is 10.2 Å². The van der Waals surface area contributed by atoms with Gasteiger partial charge in [-0.1, -0.05) is 27.7 Å². The maximum Gasteiger partial charge on any atom is 0.138 e. The molecule has 0 radical (unpaired) electrons. The first kappa shape index (κ1) is 28.8. The van der Waals surface area contributed by atoms with Gasteiger partial charge in [0.25, 0.3) is 0 Å². The monoisotopic (exact) mass is 564 g/mol. The van der Waals surface area contributed by atoms with Gasteiger partial charge in [-0.15, -0.1) is 0 Å². The van der Waals surface area contributed by atoms with Crippen molar-refractivity contribution in [3.8, 4) is 22.3 Å². The third-order valence-electron chi connectivity index (χ3n) is 7.24. The molecule has 0 unspecified atom stereocenters. The van der Waals surface area contributed by atoms with Crippen LogP contribution in [0.15, 0.2) is 73.7 Å². The lowest BCUT2D eigenvalue weighted by molar-refractivity contribution is 0.312. The molecule has 0 atom stereocenters. The molecule has 1 aliphatic heterocycles. The number of aromatic nitrogens is 7. The first-order valence-corrected chi connectivity index (χ1v) is 14.7. The predicted molar refractivity (Wildman–Crippen MR) is 172 cm³/mol. The number of piperazine rings is 1. The van der Waals surface area contributed by atoms with E-state index < -0.39 is 0 Å². The molecule has 0 amide bonds. The summed E-state index contributed by atoms with van der Waals surface area (Å²) in [6, 6.07) is 10.5. The Morgan fingerprint density at radius 1 is 0.786 bits per heavy atom. The van der Waals surface area contributed by atoms with E-state index in [2.05, 4.69) is 71.6 Å². The lowest BCUT2D eigenvalue weighted by Gasteiger charge is -2.33. The fourth-order valence-electron chi connectivity index (χ4n) is 5.11. The molecule has 1 aliphatic rings. The second kappa shape index (κ2) is 12.9. The number of hydrogen-bond acceptors (Lipinski definition) is 7. The minimum Gasteiger partial charge on any atom is -0.354 e. The molecule has 0 aromatic carbocycles. The molecule has 10 heteroatoms. The van der Waals surface area contributed by atoms with Gasteiger partial charge in [0, 0.05) is 91.8 Å². The van der Waals surface area contributed by atoms with E-state index in [1.807, 2.05) is 88.7 Å². The SMILES string of the molecule is CC.CC.CN1CCN(c2cc(Nc3cnc4[nH]cc(-c5ccn6ncc(-c7cnn(C)c7)c6c5)c4c3)ccn2)CC1. The summed E-state index contributed by atoms with van der Waals surface area (Å²) in [5.41, 5.74) is 8.07. The van der Waals surface area contributed by atoms with E-state index in [0.29, 0.717) is 0 Å². The average molecular weight is 565 g/mol. The number of anilines is 3. The third-order valence-corrected chi connectivity index (χ3v) is 7.24. The number of nitrogens with one attached hydrogen (secondary N) is 2. The van der Waals surface area contributed by atoms with Crippen LogP contribution in [0.4, 0.5) is 17.2 Å². The fourth-order valence-corrected chi connectivity index (χ4v) is 5.11. The van der Waals surface area contributed by atoms with Crippen molar-refractivity contribution in [2.75, 3.05) is 43.4 Å². The van der Waals surface area contributed by atoms with Crippen LogP contribution >= 0.6 is 0 Å². The summed E-state index contributed by atoms with van der Waals surface area (Å²) >= 11 is 0. The van der Waals surface area contributed by atoms with E-state index in [9.17, 15) is 0 Å². The van der Waals surface area contributed by atoms with E-state index in [0.717, 1.165) is 82.2 Å². The highest BCUT2D eigenvalue weighted by Crippen LogP contribution is 2.33. The summed E-state index contributed by atoms with van der Waals surface area (Å²) in [6.45, 7) is 12.1. The van der Waals surface area contributed by atoms with Crippen LogP contribution in [0.25, 0.3) is 38.8 Å². The van der Waals surface area contributed by atoms with Crippen LogP contribution in [0, 0.1) is 0 Å². The minimum atomic E-state index is 0.847. The highest BCUT2D eigenvalue weighted by Gasteiger charge is 2.16. The Kier molecular flexibility index (Phi) is 8.83. The van der Waals surface area contributed by atoms with Crippen molar-refractivity contribution >= 4 is 33.7 Å². The van der Waals surface area contributed by atoms with Crippen molar-refractivity contribution in [3.05, 3.63) is 73.7 Å². The predicted octanol–water partition coefficient (Wildman–Crippen LogP) is 6.22. The molecule has 7 heterocycles. The lowest BCUT2D eigenvalue weighted by Crippen LogP contribution is -2.44. The summed E-state index contributed by atoms with van der Waals surface area (Å²) < 4.78 is 3.70. The van der Waals surface area contributed by atoms with Gasteiger partial charge in [0.2, 0.25) is 0 Å². The van der Waals surface area contributed by atoms with Crippen LogP contribution in [0.1, 0.15) is 27.7 Å². The van der Waals surface area contributed by atoms with E-state index in [4.69, 9.17) is 0 Å². The number of nitrogens with zero attached hydrogens (tertiary/aromatic N) is 8. The topological polar surface area (TPSA) is 95.2 Å². The first-order chi connectivity index (χ1) is 20.6. The van der Waals surface area contributed by atoms with E-state index >= 15 is 0 Å². The van der Waals surface area contributed by atoms with E-state index in [1.165, 1.54) is 0 Å². The molecule has 0 aliphatic carbocycles. The molecule has 0 saturated carbocycles. The van der Waals surface area contributed by atoms with Gasteiger partial charge in [0.15, 0.2) is 0 Å². The van der Waals surface area contributed by atoms with Crippen LogP contribution in [-0.2, 0) is 7.05 Å². The second-order valence-electron chi connectivity index (χ2n) is 9.85. The normalized spacial score (nSPS) is 13.4. The van der Waals surface area contributed by atoms with Gasteiger partial charge in [-0.3, -0.25) is 4.68 Å². The Morgan fingerprint density at radius 3 is 2.36 bits per heavy atom. The Morgan fingerprint density at radius 2 is 1.60 bits per heavy atom. The molecule has 42 heavy (non-hydrogen) atoms. The molecule has 10 nitrogen and oxygen atoms in total. The van der Waals surface area contributed by atoms with Gasteiger partial charge in [-0.25, -0.2) is 14.5 Å². The van der Waals surface area contributed by atoms with Crippen LogP contribution in [0.2, 0.25) is 0 Å². The largest absolute Gasteiger partial charge is 0.354 e. The van der Waals surface area contributed by atoms with Gasteiger partial charge in [-0.05, 0) is 36.9 Å². The number of aryl methyl sites for hydroxylation is 1. The molecule has 2 N–H and O–H groups in total. The number of H-pyrrole nitrogens is 1. The number of fused-ring (bicyclic) bond motifs is 2. The fraction of sp³-hybridized carbons (Fsp3) is 0.312. The lowest BCUT2D eigenvalue weighted by atomic mass is 10.0. The van der Waals surface area contributed by atoms with Crippen molar-refractivity contribution in [2.45, 2.75) is 27.7 Å². The van der Waals surface area contributed by atoms with Gasteiger partial charge in [0.1, 0.15) is 11.5 Å². The maximum atomic E-state index is 4.69. The summed E-state index contributed by atoms with van der Waals surface area (Å²) in [6.07, 6.45) is 13.5. The highest BCUT2D eigenvalue weighted by molar-refractivity contribution is 5.97. The number of hydrogen-bond donors (Lipinski definition) is 2. The molecule has 7 rings (SSSR count). The molecule has 218 valence electrons. The Hall–Kier alpha value is -4.70. The van der Waals surface area contributed by atoms with Crippen molar-refractivity contribution in [3.63, 3.8) is 0 Å². The Balaban J connectivity index is 0.000000847. The summed E-state index contributed by atoms with van der Waals surface area (Å²) in [4.78, 5) is 17.3. The van der Waals surface area contributed by atoms with Crippen molar-refractivity contribution in [1.29, 1.82) is 0 Å². The Labute approximate surface area is 247 Å². The minimum absolute atomic E-state index is 0.847. The van der Waals surface area contributed by atoms with Gasteiger partial charge in [0.05, 0.1) is 29.8 Å². The van der Waals surface area contributed by atoms with Crippen molar-refractivity contribution < 1.29 is 0 Å². The average Bonchev–Trinajstić information content (AvgIpc) is 3.77. The zero-order valence-electron chi connectivity index (χ0n) is 25.3. The smallest absolute Gasteiger partial charge is 0.138 e. The first-order valence-electron chi connectivity index (χ1n) is 14.7. The zero-order chi connectivity index (χ0) is 29.6. The molecular weight excluding hydrogens is 524 g/mol. The quantitative estimate of drug-likeness (QED) is 0.257. The van der Waals surface area contributed by atoms with Gasteiger partial charge >= 0.3 is 0 Å². The summed E-state index contributed by atoms with van der Waals surface area (Å²) in [5.74, 6) is 0.998. The standard InChI is InChI=1S/C28H28N10.2C2H6/c1-35-7-9-37(10-8-35)27-13-21(3-5-29-27)34-22-12-23-24(16-31-28(23)30-15-22)19-4-6-38-26(11-19)25(17-33-38)20-14-32-36(2)18-20;2*1-2/h3-6,11-18H,7-10H2,1-2H3,(H,29,34)(H,30,31);2*1-2H3. The number of aromatic amines is 1. The van der Waals surface area contributed by atoms with Crippen LogP contribution in [0.5, 0.6) is 0 Å². The number of pyridine rings is 3. The van der Waals surface area contributed by atoms with Gasteiger partial charge in [-0.2, -0.15) is 10.2 Å². The van der Waals surface area contributed by atoms with E-state index in [-0.39, 0.29) is 0 Å². The second-order valence-corrected chi connectivity index (χ2v) is 9.85. The molecule has 1 fully saturated rings. The van der Waals surface area contributed by atoms with Crippen molar-refractivity contribution in [2.24, 2.45) is 7.05 Å². The summed E-state index contributed by atoms with van der Waals surface area (Å²) in [7, 11) is 4.08. The molecule has 0 spiro atoms.